The fourth-order valence-electron chi connectivity index (χ4n) is 2.77. The minimum atomic E-state index is -0.348. The van der Waals surface area contributed by atoms with Crippen LogP contribution in [0, 0.1) is 11.8 Å². The molecule has 4 nitrogen and oxygen atoms in total. The van der Waals surface area contributed by atoms with E-state index in [0.29, 0.717) is 6.04 Å². The van der Waals surface area contributed by atoms with Gasteiger partial charge >= 0.3 is 0 Å². The number of allylic oxidation sites excluding steroid dienone is 3. The van der Waals surface area contributed by atoms with Crippen molar-refractivity contribution in [2.45, 2.75) is 18.9 Å². The summed E-state index contributed by atoms with van der Waals surface area (Å²) in [5.74, 6) is -0.152. The highest BCUT2D eigenvalue weighted by Crippen LogP contribution is 2.33. The Kier molecular flexibility index (Phi) is 9.05. The van der Waals surface area contributed by atoms with E-state index in [1.54, 1.807) is 0 Å². The molecule has 2 aliphatic rings. The standard InChI is InChI=1S/C12H17NO2.C6H6.C2H7N/c1-13(2)9-5-3-8(4-6-9)12-10(14)7-11(12)15;1-2-4-6-5-3-1;1-3-2/h3,5,7-9,12,14H,4,6H2,1-2H3;1-6H;3H,1-2H3. The van der Waals surface area contributed by atoms with Gasteiger partial charge in [0.1, 0.15) is 6.04 Å². The molecule has 0 spiro atoms. The lowest BCUT2D eigenvalue weighted by atomic mass is 9.74. The molecule has 4 heteroatoms. The first kappa shape index (κ1) is 20.1. The molecule has 24 heavy (non-hydrogen) atoms. The second kappa shape index (κ2) is 10.8. The topological polar surface area (TPSA) is 56.6 Å². The maximum Gasteiger partial charge on any atom is 0.161 e. The summed E-state index contributed by atoms with van der Waals surface area (Å²) in [6, 6.07) is 12.5. The van der Waals surface area contributed by atoms with Crippen molar-refractivity contribution in [1.29, 1.82) is 0 Å². The molecule has 3 unspecified atom stereocenters. The molecule has 0 aromatic heterocycles. The molecule has 2 N–H and O–H groups in total. The Bertz CT molecular complexity index is 511. The summed E-state index contributed by atoms with van der Waals surface area (Å²) in [4.78, 5) is 12.6. The lowest BCUT2D eigenvalue weighted by molar-refractivity contribution is -0.879. The van der Waals surface area contributed by atoms with Gasteiger partial charge in [-0.2, -0.15) is 0 Å². The van der Waals surface area contributed by atoms with Crippen molar-refractivity contribution in [1.82, 2.24) is 5.32 Å². The van der Waals surface area contributed by atoms with E-state index in [1.165, 1.54) is 11.0 Å². The van der Waals surface area contributed by atoms with Gasteiger partial charge in [0.15, 0.2) is 5.78 Å². The highest BCUT2D eigenvalue weighted by atomic mass is 16.3. The van der Waals surface area contributed by atoms with Crippen molar-refractivity contribution in [2.75, 3.05) is 28.2 Å². The van der Waals surface area contributed by atoms with Gasteiger partial charge in [0.25, 0.3) is 0 Å². The van der Waals surface area contributed by atoms with E-state index in [-0.39, 0.29) is 23.4 Å². The fraction of sp³-hybridized carbons (Fsp3) is 0.450. The van der Waals surface area contributed by atoms with Crippen molar-refractivity contribution in [2.24, 2.45) is 11.8 Å². The highest BCUT2D eigenvalue weighted by molar-refractivity contribution is 6.00. The van der Waals surface area contributed by atoms with Gasteiger partial charge in [-0.15, -0.1) is 5.76 Å². The molecule has 0 bridgehead atoms. The molecular formula is C20H30N2O2. The van der Waals surface area contributed by atoms with Crippen LogP contribution in [0.15, 0.2) is 60.4 Å². The maximum atomic E-state index is 11.2. The second-order valence-corrected chi connectivity index (χ2v) is 6.39. The summed E-state index contributed by atoms with van der Waals surface area (Å²) in [5.41, 5.74) is 0. The molecule has 1 aromatic carbocycles. The Morgan fingerprint density at radius 2 is 1.50 bits per heavy atom. The van der Waals surface area contributed by atoms with Crippen LogP contribution in [0.25, 0.3) is 0 Å². The Balaban J connectivity index is 0.000000265. The average Bonchev–Trinajstić information content (AvgIpc) is 2.58. The van der Waals surface area contributed by atoms with Crippen LogP contribution in [0.1, 0.15) is 12.8 Å². The van der Waals surface area contributed by atoms with Gasteiger partial charge in [0, 0.05) is 12.3 Å². The largest absolute Gasteiger partial charge is 0.875 e. The number of hydrogen-bond donors (Lipinski definition) is 2. The quantitative estimate of drug-likeness (QED) is 0.774. The molecule has 2 aliphatic carbocycles. The van der Waals surface area contributed by atoms with Gasteiger partial charge in [0.2, 0.25) is 0 Å². The van der Waals surface area contributed by atoms with Gasteiger partial charge in [-0.3, -0.25) is 4.79 Å². The van der Waals surface area contributed by atoms with Crippen LogP contribution in [0.3, 0.4) is 0 Å². The second-order valence-electron chi connectivity index (χ2n) is 6.39. The molecular weight excluding hydrogens is 300 g/mol. The van der Waals surface area contributed by atoms with Crippen LogP contribution in [-0.4, -0.2) is 40.0 Å². The molecule has 3 rings (SSSR count). The van der Waals surface area contributed by atoms with E-state index < -0.39 is 0 Å². The van der Waals surface area contributed by atoms with Crippen LogP contribution in [0.4, 0.5) is 0 Å². The first-order valence-electron chi connectivity index (χ1n) is 8.50. The number of ketones is 1. The fourth-order valence-corrected chi connectivity index (χ4v) is 2.77. The van der Waals surface area contributed by atoms with E-state index >= 15 is 0 Å². The number of carbonyl (C=O) groups is 1. The molecule has 1 aromatic rings. The third-order valence-electron chi connectivity index (χ3n) is 4.14. The lowest BCUT2D eigenvalue weighted by Crippen LogP contribution is -3.09. The molecule has 0 aliphatic heterocycles. The predicted octanol–water partition coefficient (Wildman–Crippen LogP) is 0.431. The molecule has 0 heterocycles. The molecule has 132 valence electrons. The van der Waals surface area contributed by atoms with Gasteiger partial charge < -0.3 is 15.3 Å². The van der Waals surface area contributed by atoms with E-state index in [4.69, 9.17) is 0 Å². The number of rotatable bonds is 2. The smallest absolute Gasteiger partial charge is 0.161 e. The molecule has 0 fully saturated rings. The van der Waals surface area contributed by atoms with E-state index in [0.717, 1.165) is 12.8 Å². The minimum absolute atomic E-state index is 0.0188. The highest BCUT2D eigenvalue weighted by Gasteiger charge is 2.33. The van der Waals surface area contributed by atoms with Gasteiger partial charge in [-0.25, -0.2) is 0 Å². The molecule has 0 saturated heterocycles. The van der Waals surface area contributed by atoms with Gasteiger partial charge in [-0.1, -0.05) is 42.5 Å². The van der Waals surface area contributed by atoms with Crippen LogP contribution in [-0.2, 0) is 4.79 Å². The van der Waals surface area contributed by atoms with Crippen molar-refractivity contribution in [3.05, 3.63) is 60.4 Å². The monoisotopic (exact) mass is 330 g/mol. The summed E-state index contributed by atoms with van der Waals surface area (Å²) in [5, 5.41) is 14.0. The summed E-state index contributed by atoms with van der Waals surface area (Å²) in [7, 11) is 8.01. The van der Waals surface area contributed by atoms with Crippen LogP contribution in [0.5, 0.6) is 0 Å². The lowest BCUT2D eigenvalue weighted by Gasteiger charge is -2.37. The van der Waals surface area contributed by atoms with Crippen molar-refractivity contribution >= 4 is 5.78 Å². The van der Waals surface area contributed by atoms with E-state index in [9.17, 15) is 9.90 Å². The van der Waals surface area contributed by atoms with Crippen molar-refractivity contribution < 1.29 is 14.8 Å². The van der Waals surface area contributed by atoms with Crippen LogP contribution >= 0.6 is 0 Å². The van der Waals surface area contributed by atoms with E-state index in [2.05, 4.69) is 31.6 Å². The zero-order chi connectivity index (χ0) is 17.9. The van der Waals surface area contributed by atoms with Crippen LogP contribution in [0.2, 0.25) is 0 Å². The Labute approximate surface area is 145 Å². The summed E-state index contributed by atoms with van der Waals surface area (Å²) >= 11 is 0. The molecule has 0 radical (unpaired) electrons. The predicted molar refractivity (Wildman–Crippen MR) is 96.5 cm³/mol. The number of carbonyl (C=O) groups excluding carboxylic acids is 1. The van der Waals surface area contributed by atoms with Gasteiger partial charge in [0.05, 0.1) is 14.1 Å². The first-order chi connectivity index (χ1) is 11.5. The maximum absolute atomic E-state index is 11.2. The first-order valence-corrected chi connectivity index (χ1v) is 8.50. The normalized spacial score (nSPS) is 24.8. The molecule has 0 saturated carbocycles. The Hall–Kier alpha value is -1.91. The minimum Gasteiger partial charge on any atom is -0.875 e. The van der Waals surface area contributed by atoms with E-state index in [1.807, 2.05) is 50.5 Å². The van der Waals surface area contributed by atoms with Crippen LogP contribution < -0.4 is 15.3 Å². The third-order valence-corrected chi connectivity index (χ3v) is 4.14. The zero-order valence-electron chi connectivity index (χ0n) is 15.2. The Morgan fingerprint density at radius 1 is 1.00 bits per heavy atom. The van der Waals surface area contributed by atoms with Crippen molar-refractivity contribution in [3.63, 3.8) is 0 Å². The molecule has 3 atom stereocenters. The number of benzene rings is 1. The van der Waals surface area contributed by atoms with Gasteiger partial charge in [-0.05, 0) is 38.6 Å². The third kappa shape index (κ3) is 6.30. The average molecular weight is 330 g/mol. The summed E-state index contributed by atoms with van der Waals surface area (Å²) < 4.78 is 0. The summed E-state index contributed by atoms with van der Waals surface area (Å²) in [6.07, 6.45) is 7.47. The molecule has 0 amide bonds. The number of quaternary nitrogens is 1. The number of nitrogens with one attached hydrogen (secondary N) is 2. The van der Waals surface area contributed by atoms with Crippen molar-refractivity contribution in [3.8, 4) is 0 Å². The SMILES string of the molecule is CNC.C[NH+](C)C1C=CC(C2C(=O)C=C2[O-])CC1.c1ccccc1. The number of likely N-dealkylation sites (N-methyl/N-ethyl adjacent to an activating group) is 1. The zero-order valence-corrected chi connectivity index (χ0v) is 15.2. The number of hydrogen-bond acceptors (Lipinski definition) is 3. The Morgan fingerprint density at radius 3 is 1.79 bits per heavy atom. The summed E-state index contributed by atoms with van der Waals surface area (Å²) in [6.45, 7) is 0.